The fraction of sp³-hybridized carbons (Fsp3) is 0.429. The minimum Gasteiger partial charge on any atom is -0.374 e. The molecular weight excluding hydrogens is 408 g/mol. The zero-order valence-electron chi connectivity index (χ0n) is 19.6. The third kappa shape index (κ3) is 6.03. The predicted molar refractivity (Wildman–Crippen MR) is 131 cm³/mol. The molecule has 0 aromatic heterocycles. The van der Waals surface area contributed by atoms with Crippen LogP contribution in [0.3, 0.4) is 0 Å². The first-order chi connectivity index (χ1) is 16.2. The van der Waals surface area contributed by atoms with Crippen molar-refractivity contribution in [3.63, 3.8) is 0 Å². The van der Waals surface area contributed by atoms with Gasteiger partial charge in [-0.1, -0.05) is 55.5 Å². The summed E-state index contributed by atoms with van der Waals surface area (Å²) in [6.45, 7) is 6.46. The van der Waals surface area contributed by atoms with Gasteiger partial charge in [-0.15, -0.1) is 0 Å². The molecule has 172 valence electrons. The van der Waals surface area contributed by atoms with Gasteiger partial charge in [-0.2, -0.15) is 5.26 Å². The molecule has 1 aliphatic heterocycles. The van der Waals surface area contributed by atoms with Crippen LogP contribution < -0.4 is 5.32 Å². The quantitative estimate of drug-likeness (QED) is 0.511. The van der Waals surface area contributed by atoms with Gasteiger partial charge >= 0.3 is 0 Å². The summed E-state index contributed by atoms with van der Waals surface area (Å²) in [5, 5.41) is 12.8. The zero-order chi connectivity index (χ0) is 23.0. The van der Waals surface area contributed by atoms with Gasteiger partial charge in [0.1, 0.15) is 11.6 Å². The average molecular weight is 443 g/mol. The van der Waals surface area contributed by atoms with Crippen LogP contribution in [0.1, 0.15) is 54.5 Å². The van der Waals surface area contributed by atoms with E-state index in [1.807, 2.05) is 6.07 Å². The molecule has 0 spiro atoms. The van der Waals surface area contributed by atoms with Gasteiger partial charge in [0, 0.05) is 38.9 Å². The largest absolute Gasteiger partial charge is 0.374 e. The van der Waals surface area contributed by atoms with Gasteiger partial charge < -0.3 is 10.2 Å². The Morgan fingerprint density at radius 3 is 2.48 bits per heavy atom. The number of piperazine rings is 1. The van der Waals surface area contributed by atoms with E-state index in [2.05, 4.69) is 70.6 Å². The minimum absolute atomic E-state index is 0.0794. The molecule has 2 aromatic carbocycles. The van der Waals surface area contributed by atoms with Crippen molar-refractivity contribution in [1.82, 2.24) is 15.1 Å². The molecule has 1 atom stereocenters. The standard InChI is InChI=1S/C28H34N4O/c1-2-27(25-13-12-23-10-6-7-11-24(23)18-25)30-28(33)26(19-29)21-32-16-14-31(15-17-32)20-22-8-4-3-5-9-22/h3-5,8-9,12-13,18,21,27H,2,6-7,10-11,14-17,20H2,1H3,(H,30,33)/b26-21-. The smallest absolute Gasteiger partial charge is 0.263 e. The fourth-order valence-corrected chi connectivity index (χ4v) is 4.84. The average Bonchev–Trinajstić information content (AvgIpc) is 2.87. The lowest BCUT2D eigenvalue weighted by molar-refractivity contribution is -0.118. The van der Waals surface area contributed by atoms with Crippen molar-refractivity contribution >= 4 is 5.91 Å². The molecule has 1 saturated heterocycles. The summed E-state index contributed by atoms with van der Waals surface area (Å²) < 4.78 is 0. The van der Waals surface area contributed by atoms with Crippen molar-refractivity contribution in [3.05, 3.63) is 82.6 Å². The van der Waals surface area contributed by atoms with E-state index in [9.17, 15) is 10.1 Å². The summed E-state index contributed by atoms with van der Waals surface area (Å²) >= 11 is 0. The number of amides is 1. The van der Waals surface area contributed by atoms with Gasteiger partial charge in [0.25, 0.3) is 5.91 Å². The maximum atomic E-state index is 12.9. The molecule has 1 fully saturated rings. The third-order valence-corrected chi connectivity index (χ3v) is 6.82. The zero-order valence-corrected chi connectivity index (χ0v) is 19.6. The van der Waals surface area contributed by atoms with E-state index in [0.29, 0.717) is 0 Å². The molecule has 5 heteroatoms. The van der Waals surface area contributed by atoms with E-state index in [1.54, 1.807) is 6.20 Å². The molecule has 2 aromatic rings. The number of nitrogens with one attached hydrogen (secondary N) is 1. The Hall–Kier alpha value is -3.10. The summed E-state index contributed by atoms with van der Waals surface area (Å²) in [5.74, 6) is -0.284. The molecule has 1 N–H and O–H groups in total. The van der Waals surface area contributed by atoms with Crippen molar-refractivity contribution in [3.8, 4) is 6.07 Å². The van der Waals surface area contributed by atoms with Gasteiger partial charge in [0.15, 0.2) is 0 Å². The molecule has 1 amide bonds. The van der Waals surface area contributed by atoms with Crippen LogP contribution in [0.25, 0.3) is 0 Å². The SMILES string of the molecule is CCC(NC(=O)/C(C#N)=C\N1CCN(Cc2ccccc2)CC1)c1ccc2c(c1)CCCC2. The van der Waals surface area contributed by atoms with Gasteiger partial charge in [-0.3, -0.25) is 9.69 Å². The Morgan fingerprint density at radius 2 is 1.79 bits per heavy atom. The maximum absolute atomic E-state index is 12.9. The Balaban J connectivity index is 1.35. The lowest BCUT2D eigenvalue weighted by Gasteiger charge is -2.34. The first kappa shape index (κ1) is 23.1. The first-order valence-electron chi connectivity index (χ1n) is 12.2. The van der Waals surface area contributed by atoms with E-state index < -0.39 is 0 Å². The Labute approximate surface area is 197 Å². The van der Waals surface area contributed by atoms with Crippen LogP contribution in [0, 0.1) is 11.3 Å². The van der Waals surface area contributed by atoms with Crippen molar-refractivity contribution in [2.24, 2.45) is 0 Å². The van der Waals surface area contributed by atoms with Gasteiger partial charge in [0.2, 0.25) is 0 Å². The number of fused-ring (bicyclic) bond motifs is 1. The highest BCUT2D eigenvalue weighted by molar-refractivity contribution is 5.97. The van der Waals surface area contributed by atoms with Crippen LogP contribution in [-0.4, -0.2) is 41.9 Å². The summed E-state index contributed by atoms with van der Waals surface area (Å²) in [5.41, 5.74) is 5.48. The lowest BCUT2D eigenvalue weighted by Crippen LogP contribution is -2.44. The van der Waals surface area contributed by atoms with Crippen molar-refractivity contribution < 1.29 is 4.79 Å². The highest BCUT2D eigenvalue weighted by Gasteiger charge is 2.20. The Morgan fingerprint density at radius 1 is 1.06 bits per heavy atom. The van der Waals surface area contributed by atoms with E-state index in [-0.39, 0.29) is 17.5 Å². The summed E-state index contributed by atoms with van der Waals surface area (Å²) in [6, 6.07) is 19.1. The molecule has 0 radical (unpaired) electrons. The second-order valence-corrected chi connectivity index (χ2v) is 9.12. The molecule has 0 saturated carbocycles. The molecule has 4 rings (SSSR count). The number of benzene rings is 2. The monoisotopic (exact) mass is 442 g/mol. The van der Waals surface area contributed by atoms with Crippen molar-refractivity contribution in [2.45, 2.75) is 51.6 Å². The van der Waals surface area contributed by atoms with Gasteiger partial charge in [0.05, 0.1) is 6.04 Å². The number of nitrogens with zero attached hydrogens (tertiary/aromatic N) is 3. The highest BCUT2D eigenvalue weighted by Crippen LogP contribution is 2.26. The van der Waals surface area contributed by atoms with Crippen LogP contribution in [0.15, 0.2) is 60.3 Å². The number of aryl methyl sites for hydroxylation is 2. The van der Waals surface area contributed by atoms with Crippen LogP contribution in [0.2, 0.25) is 0 Å². The van der Waals surface area contributed by atoms with E-state index in [1.165, 1.54) is 29.5 Å². The number of carbonyl (C=O) groups is 1. The number of hydrogen-bond acceptors (Lipinski definition) is 4. The summed E-state index contributed by atoms with van der Waals surface area (Å²) in [7, 11) is 0. The number of rotatable bonds is 7. The molecule has 1 aliphatic carbocycles. The van der Waals surface area contributed by atoms with Crippen LogP contribution in [0.5, 0.6) is 0 Å². The third-order valence-electron chi connectivity index (χ3n) is 6.82. The molecule has 2 aliphatic rings. The second-order valence-electron chi connectivity index (χ2n) is 9.12. The van der Waals surface area contributed by atoms with Crippen molar-refractivity contribution in [1.29, 1.82) is 5.26 Å². The minimum atomic E-state index is -0.284. The summed E-state index contributed by atoms with van der Waals surface area (Å²) in [4.78, 5) is 17.5. The topological polar surface area (TPSA) is 59.4 Å². The number of hydrogen-bond donors (Lipinski definition) is 1. The lowest BCUT2D eigenvalue weighted by atomic mass is 9.88. The predicted octanol–water partition coefficient (Wildman–Crippen LogP) is 4.36. The molecule has 5 nitrogen and oxygen atoms in total. The van der Waals surface area contributed by atoms with E-state index in [4.69, 9.17) is 0 Å². The molecule has 0 bridgehead atoms. The van der Waals surface area contributed by atoms with Crippen LogP contribution in [0.4, 0.5) is 0 Å². The van der Waals surface area contributed by atoms with Gasteiger partial charge in [-0.25, -0.2) is 0 Å². The van der Waals surface area contributed by atoms with E-state index in [0.717, 1.165) is 57.5 Å². The van der Waals surface area contributed by atoms with E-state index >= 15 is 0 Å². The van der Waals surface area contributed by atoms with Crippen LogP contribution in [-0.2, 0) is 24.2 Å². The number of nitriles is 1. The molecule has 33 heavy (non-hydrogen) atoms. The number of carbonyl (C=O) groups excluding carboxylic acids is 1. The van der Waals surface area contributed by atoms with Crippen LogP contribution >= 0.6 is 0 Å². The maximum Gasteiger partial charge on any atom is 0.263 e. The van der Waals surface area contributed by atoms with Crippen molar-refractivity contribution in [2.75, 3.05) is 26.2 Å². The second kappa shape index (κ2) is 11.2. The Bertz CT molecular complexity index is 1020. The summed E-state index contributed by atoms with van der Waals surface area (Å²) in [6.07, 6.45) is 7.30. The first-order valence-corrected chi connectivity index (χ1v) is 12.2. The molecule has 1 heterocycles. The normalized spacial score (nSPS) is 17.7. The van der Waals surface area contributed by atoms with Gasteiger partial charge in [-0.05, 0) is 54.4 Å². The molecule has 1 unspecified atom stereocenters. The Kier molecular flexibility index (Phi) is 7.80. The highest BCUT2D eigenvalue weighted by atomic mass is 16.1. The molecular formula is C28H34N4O. The fourth-order valence-electron chi connectivity index (χ4n) is 4.84.